The van der Waals surface area contributed by atoms with Crippen LogP contribution in [-0.2, 0) is 12.8 Å². The highest BCUT2D eigenvalue weighted by Gasteiger charge is 2.34. The van der Waals surface area contributed by atoms with E-state index in [4.69, 9.17) is 4.74 Å². The van der Waals surface area contributed by atoms with Gasteiger partial charge in [0.25, 0.3) is 0 Å². The van der Waals surface area contributed by atoms with E-state index in [0.29, 0.717) is 11.2 Å². The molecular formula is C16H12F3NO2. The summed E-state index contributed by atoms with van der Waals surface area (Å²) in [5.74, 6) is -0.141. The van der Waals surface area contributed by atoms with Gasteiger partial charge in [0.1, 0.15) is 18.1 Å². The number of fused-ring (bicyclic) bond motifs is 1. The molecular weight excluding hydrogens is 295 g/mol. The number of H-pyrrole nitrogens is 1. The molecule has 0 spiro atoms. The Kier molecular flexibility index (Phi) is 3.44. The fourth-order valence-electron chi connectivity index (χ4n) is 2.26. The zero-order valence-corrected chi connectivity index (χ0v) is 11.3. The first-order valence-electron chi connectivity index (χ1n) is 6.54. The Labute approximate surface area is 124 Å². The predicted molar refractivity (Wildman–Crippen MR) is 75.7 cm³/mol. The van der Waals surface area contributed by atoms with Gasteiger partial charge in [-0.2, -0.15) is 13.2 Å². The summed E-state index contributed by atoms with van der Waals surface area (Å²) in [6.45, 7) is -0.0544. The van der Waals surface area contributed by atoms with Crippen molar-refractivity contribution in [3.05, 3.63) is 59.8 Å². The number of rotatable bonds is 3. The molecule has 3 rings (SSSR count). The number of aromatic amines is 1. The number of ether oxygens (including phenoxy) is 1. The van der Waals surface area contributed by atoms with Crippen LogP contribution in [0.3, 0.4) is 0 Å². The van der Waals surface area contributed by atoms with E-state index < -0.39 is 11.7 Å². The van der Waals surface area contributed by atoms with Gasteiger partial charge in [-0.1, -0.05) is 24.3 Å². The summed E-state index contributed by atoms with van der Waals surface area (Å²) in [6.07, 6.45) is -4.46. The molecule has 0 aliphatic rings. The predicted octanol–water partition coefficient (Wildman–Crippen LogP) is 4.47. The Bertz CT molecular complexity index is 809. The van der Waals surface area contributed by atoms with Crippen LogP contribution in [0.1, 0.15) is 11.3 Å². The van der Waals surface area contributed by atoms with Gasteiger partial charge in [0.15, 0.2) is 0 Å². The maximum Gasteiger partial charge on any atom is 0.419 e. The van der Waals surface area contributed by atoms with Crippen LogP contribution in [0.2, 0.25) is 0 Å². The van der Waals surface area contributed by atoms with Gasteiger partial charge in [-0.3, -0.25) is 0 Å². The van der Waals surface area contributed by atoms with Crippen molar-refractivity contribution in [2.45, 2.75) is 12.8 Å². The third-order valence-corrected chi connectivity index (χ3v) is 3.27. The van der Waals surface area contributed by atoms with Crippen molar-refractivity contribution in [3.63, 3.8) is 0 Å². The number of phenols is 1. The van der Waals surface area contributed by atoms with Gasteiger partial charge >= 0.3 is 6.18 Å². The number of nitrogens with one attached hydrogen (secondary N) is 1. The van der Waals surface area contributed by atoms with Crippen LogP contribution >= 0.6 is 0 Å². The molecule has 6 heteroatoms. The van der Waals surface area contributed by atoms with Crippen LogP contribution in [0, 0.1) is 0 Å². The number of hydrogen-bond acceptors (Lipinski definition) is 2. The average molecular weight is 307 g/mol. The van der Waals surface area contributed by atoms with Crippen LogP contribution < -0.4 is 4.74 Å². The van der Waals surface area contributed by atoms with Gasteiger partial charge in [0.2, 0.25) is 0 Å². The first-order chi connectivity index (χ1) is 10.4. The maximum absolute atomic E-state index is 12.9. The monoisotopic (exact) mass is 307 g/mol. The number of para-hydroxylation sites is 2. The standard InChI is InChI=1S/C16H12F3NO2/c17-16(18,19)12-5-1-2-7-14(12)22-9-11-8-10-4-3-6-13(21)15(10)20-11/h1-8,20-21H,9H2. The van der Waals surface area contributed by atoms with Crippen LogP contribution in [0.4, 0.5) is 13.2 Å². The largest absolute Gasteiger partial charge is 0.506 e. The number of hydrogen-bond donors (Lipinski definition) is 2. The number of aromatic hydroxyl groups is 1. The Morgan fingerprint density at radius 1 is 1.05 bits per heavy atom. The van der Waals surface area contributed by atoms with E-state index in [9.17, 15) is 18.3 Å². The molecule has 0 aliphatic carbocycles. The van der Waals surface area contributed by atoms with Gasteiger partial charge in [-0.25, -0.2) is 0 Å². The zero-order chi connectivity index (χ0) is 15.7. The van der Waals surface area contributed by atoms with Crippen molar-refractivity contribution in [1.29, 1.82) is 0 Å². The van der Waals surface area contributed by atoms with Crippen molar-refractivity contribution < 1.29 is 23.0 Å². The number of aromatic nitrogens is 1. The molecule has 0 fully saturated rings. The summed E-state index contributed by atoms with van der Waals surface area (Å²) in [5, 5.41) is 10.5. The van der Waals surface area contributed by atoms with Crippen LogP contribution in [0.5, 0.6) is 11.5 Å². The van der Waals surface area contributed by atoms with Crippen molar-refractivity contribution in [1.82, 2.24) is 4.98 Å². The highest BCUT2D eigenvalue weighted by atomic mass is 19.4. The summed E-state index contributed by atoms with van der Waals surface area (Å²) < 4.78 is 43.9. The van der Waals surface area contributed by atoms with Gasteiger partial charge in [-0.05, 0) is 24.3 Å². The summed E-state index contributed by atoms with van der Waals surface area (Å²) in [7, 11) is 0. The topological polar surface area (TPSA) is 45.2 Å². The van der Waals surface area contributed by atoms with E-state index in [0.717, 1.165) is 11.5 Å². The molecule has 22 heavy (non-hydrogen) atoms. The third kappa shape index (κ3) is 2.72. The second kappa shape index (κ2) is 5.29. The minimum Gasteiger partial charge on any atom is -0.506 e. The Hall–Kier alpha value is -2.63. The minimum atomic E-state index is -4.46. The van der Waals surface area contributed by atoms with Gasteiger partial charge in [0.05, 0.1) is 16.8 Å². The van der Waals surface area contributed by atoms with Crippen molar-refractivity contribution >= 4 is 10.9 Å². The van der Waals surface area contributed by atoms with Gasteiger partial charge in [0, 0.05) is 5.39 Å². The number of phenolic OH excluding ortho intramolecular Hbond substituents is 1. The van der Waals surface area contributed by atoms with E-state index >= 15 is 0 Å². The van der Waals surface area contributed by atoms with Crippen molar-refractivity contribution in [3.8, 4) is 11.5 Å². The molecule has 1 aromatic heterocycles. The summed E-state index contributed by atoms with van der Waals surface area (Å²) in [6, 6.07) is 11.8. The highest BCUT2D eigenvalue weighted by molar-refractivity contribution is 5.85. The summed E-state index contributed by atoms with van der Waals surface area (Å²) in [5.41, 5.74) is 0.299. The molecule has 0 radical (unpaired) electrons. The second-order valence-electron chi connectivity index (χ2n) is 4.82. The Morgan fingerprint density at radius 2 is 1.82 bits per heavy atom. The lowest BCUT2D eigenvalue weighted by Crippen LogP contribution is -2.08. The zero-order valence-electron chi connectivity index (χ0n) is 11.3. The first kappa shape index (κ1) is 14.3. The van der Waals surface area contributed by atoms with Crippen LogP contribution in [-0.4, -0.2) is 10.1 Å². The fraction of sp³-hybridized carbons (Fsp3) is 0.125. The van der Waals surface area contributed by atoms with E-state index in [2.05, 4.69) is 4.98 Å². The molecule has 3 nitrogen and oxygen atoms in total. The molecule has 0 bridgehead atoms. The molecule has 2 N–H and O–H groups in total. The molecule has 3 aromatic rings. The van der Waals surface area contributed by atoms with Gasteiger partial charge in [-0.15, -0.1) is 0 Å². The lowest BCUT2D eigenvalue weighted by atomic mass is 10.2. The van der Waals surface area contributed by atoms with Crippen LogP contribution in [0.15, 0.2) is 48.5 Å². The highest BCUT2D eigenvalue weighted by Crippen LogP contribution is 2.36. The Morgan fingerprint density at radius 3 is 2.55 bits per heavy atom. The number of alkyl halides is 3. The van der Waals surface area contributed by atoms with Crippen LogP contribution in [0.25, 0.3) is 10.9 Å². The van der Waals surface area contributed by atoms with Crippen molar-refractivity contribution in [2.75, 3.05) is 0 Å². The van der Waals surface area contributed by atoms with Gasteiger partial charge < -0.3 is 14.8 Å². The SMILES string of the molecule is Oc1cccc2cc(COc3ccccc3C(F)(F)F)[nH]c12. The molecule has 1 heterocycles. The molecule has 0 aliphatic heterocycles. The number of halogens is 3. The summed E-state index contributed by atoms with van der Waals surface area (Å²) >= 11 is 0. The van der Waals surface area contributed by atoms with E-state index in [1.807, 2.05) is 0 Å². The molecule has 2 aromatic carbocycles. The molecule has 114 valence electrons. The lowest BCUT2D eigenvalue weighted by Gasteiger charge is -2.13. The molecule has 0 saturated carbocycles. The fourth-order valence-corrected chi connectivity index (χ4v) is 2.26. The maximum atomic E-state index is 12.9. The molecule has 0 atom stereocenters. The molecule has 0 amide bonds. The molecule has 0 saturated heterocycles. The average Bonchev–Trinajstić information content (AvgIpc) is 2.89. The van der Waals surface area contributed by atoms with Crippen molar-refractivity contribution in [2.24, 2.45) is 0 Å². The lowest BCUT2D eigenvalue weighted by molar-refractivity contribution is -0.139. The summed E-state index contributed by atoms with van der Waals surface area (Å²) in [4.78, 5) is 2.94. The molecule has 0 unspecified atom stereocenters. The first-order valence-corrected chi connectivity index (χ1v) is 6.54. The van der Waals surface area contributed by atoms with E-state index in [1.54, 1.807) is 18.2 Å². The number of benzene rings is 2. The normalized spacial score (nSPS) is 11.8. The third-order valence-electron chi connectivity index (χ3n) is 3.27. The quantitative estimate of drug-likeness (QED) is 0.750. The minimum absolute atomic E-state index is 0.0544. The second-order valence-corrected chi connectivity index (χ2v) is 4.82. The van der Waals surface area contributed by atoms with E-state index in [1.165, 1.54) is 24.3 Å². The smallest absolute Gasteiger partial charge is 0.419 e. The van der Waals surface area contributed by atoms with E-state index in [-0.39, 0.29) is 18.1 Å². The Balaban J connectivity index is 1.84.